The van der Waals surface area contributed by atoms with Crippen LogP contribution in [0.25, 0.3) is 43.8 Å². The number of benzene rings is 6. The van der Waals surface area contributed by atoms with E-state index in [2.05, 4.69) is 165 Å². The first kappa shape index (κ1) is 28.1. The van der Waals surface area contributed by atoms with Crippen LogP contribution in [0.15, 0.2) is 174 Å². The molecule has 0 spiro atoms. The molecule has 0 saturated heterocycles. The van der Waals surface area contributed by atoms with E-state index in [1.165, 1.54) is 81.4 Å². The van der Waals surface area contributed by atoms with Gasteiger partial charge in [-0.15, -0.1) is 0 Å². The minimum Gasteiger partial charge on any atom is -0.0991 e. The third-order valence-electron chi connectivity index (χ3n) is 10.3. The molecule has 47 heavy (non-hydrogen) atoms. The van der Waals surface area contributed by atoms with Crippen LogP contribution in [-0.2, 0) is 5.41 Å². The second-order valence-corrected chi connectivity index (χ2v) is 13.9. The van der Waals surface area contributed by atoms with E-state index in [1.807, 2.05) is 17.8 Å². The molecule has 0 fully saturated rings. The first-order valence-corrected chi connectivity index (χ1v) is 17.4. The highest BCUT2D eigenvalue weighted by atomic mass is 32.2. The predicted molar refractivity (Wildman–Crippen MR) is 203 cm³/mol. The Morgan fingerprint density at radius 2 is 1.47 bits per heavy atom. The van der Waals surface area contributed by atoms with Gasteiger partial charge in [0.15, 0.2) is 0 Å². The highest BCUT2D eigenvalue weighted by Gasteiger charge is 2.48. The molecule has 2 aliphatic carbocycles. The van der Waals surface area contributed by atoms with Crippen molar-refractivity contribution in [3.63, 3.8) is 0 Å². The summed E-state index contributed by atoms with van der Waals surface area (Å²) in [4.78, 5) is 2.84. The zero-order valence-corrected chi connectivity index (χ0v) is 27.2. The van der Waals surface area contributed by atoms with Gasteiger partial charge in [0, 0.05) is 15.2 Å². The molecule has 2 unspecified atom stereocenters. The van der Waals surface area contributed by atoms with Crippen LogP contribution in [0.3, 0.4) is 0 Å². The Morgan fingerprint density at radius 1 is 0.723 bits per heavy atom. The van der Waals surface area contributed by atoms with Gasteiger partial charge in [-0.2, -0.15) is 0 Å². The summed E-state index contributed by atoms with van der Waals surface area (Å²) >= 11 is 2.00. The van der Waals surface area contributed by atoms with E-state index in [0.29, 0.717) is 5.92 Å². The van der Waals surface area contributed by atoms with E-state index in [4.69, 9.17) is 0 Å². The number of allylic oxidation sites excluding steroid dienone is 9. The highest BCUT2D eigenvalue weighted by Crippen LogP contribution is 2.62. The molecule has 3 aliphatic rings. The van der Waals surface area contributed by atoms with Crippen molar-refractivity contribution in [1.29, 1.82) is 0 Å². The SMILES string of the molecule is C=C/C=C\C=C(/c1ccc2cccc3c2c1SC1=C3C=CCC1C)C1(c2ccccc2)c2ccccc2-c2cc3ccccc3cc21. The molecule has 0 aromatic heterocycles. The fourth-order valence-corrected chi connectivity index (χ4v) is 9.70. The first-order chi connectivity index (χ1) is 23.2. The average Bonchev–Trinajstić information content (AvgIpc) is 3.40. The molecule has 0 saturated carbocycles. The van der Waals surface area contributed by atoms with E-state index >= 15 is 0 Å². The van der Waals surface area contributed by atoms with Crippen molar-refractivity contribution in [2.24, 2.45) is 5.92 Å². The second kappa shape index (κ2) is 11.0. The number of hydrogen-bond acceptors (Lipinski definition) is 1. The standard InChI is InChI=1S/C46H34S/c1-3-4-6-24-41(38-27-26-31-18-14-22-36-37-23-13-15-30(2)44(37)47-45(38)43(31)36)46(34-19-7-5-8-20-34)40-25-12-11-21-35(40)39-28-32-16-9-10-17-33(32)29-42(39)46/h3-14,16-30H,1,15H2,2H3/b6-4-,41-24+. The molecule has 0 bridgehead atoms. The number of hydrogen-bond donors (Lipinski definition) is 0. The van der Waals surface area contributed by atoms with Crippen LogP contribution in [0.1, 0.15) is 41.2 Å². The number of thioether (sulfide) groups is 1. The van der Waals surface area contributed by atoms with Gasteiger partial charge in [-0.05, 0) is 90.7 Å². The van der Waals surface area contributed by atoms with Gasteiger partial charge in [-0.3, -0.25) is 0 Å². The fraction of sp³-hybridized carbons (Fsp3) is 0.0870. The summed E-state index contributed by atoms with van der Waals surface area (Å²) in [6.07, 6.45) is 14.3. The molecular formula is C46H34S. The quantitative estimate of drug-likeness (QED) is 0.173. The summed E-state index contributed by atoms with van der Waals surface area (Å²) in [5.74, 6) is 0.479. The molecule has 224 valence electrons. The van der Waals surface area contributed by atoms with E-state index in [9.17, 15) is 0 Å². The second-order valence-electron chi connectivity index (χ2n) is 12.9. The lowest BCUT2D eigenvalue weighted by molar-refractivity contribution is 0.727. The summed E-state index contributed by atoms with van der Waals surface area (Å²) in [6.45, 7) is 6.40. The van der Waals surface area contributed by atoms with E-state index in [1.54, 1.807) is 0 Å². The van der Waals surface area contributed by atoms with E-state index in [-0.39, 0.29) is 0 Å². The Labute approximate surface area is 281 Å². The molecule has 1 heteroatoms. The van der Waals surface area contributed by atoms with E-state index in [0.717, 1.165) is 6.42 Å². The third kappa shape index (κ3) is 4.10. The molecule has 1 heterocycles. The van der Waals surface area contributed by atoms with Crippen LogP contribution in [0.4, 0.5) is 0 Å². The lowest BCUT2D eigenvalue weighted by Gasteiger charge is -2.38. The number of fused-ring (bicyclic) bond motifs is 5. The Bertz CT molecular complexity index is 2380. The van der Waals surface area contributed by atoms with Crippen LogP contribution in [-0.4, -0.2) is 0 Å². The molecule has 6 aromatic carbocycles. The molecule has 0 amide bonds. The minimum absolute atomic E-state index is 0.479. The van der Waals surface area contributed by atoms with Gasteiger partial charge in [-0.25, -0.2) is 0 Å². The van der Waals surface area contributed by atoms with Crippen molar-refractivity contribution < 1.29 is 0 Å². The molecule has 1 aliphatic heterocycles. The monoisotopic (exact) mass is 618 g/mol. The van der Waals surface area contributed by atoms with Crippen molar-refractivity contribution in [3.05, 3.63) is 197 Å². The fourth-order valence-electron chi connectivity index (χ4n) is 8.28. The minimum atomic E-state index is -0.546. The van der Waals surface area contributed by atoms with Crippen molar-refractivity contribution in [2.45, 2.75) is 23.7 Å². The average molecular weight is 619 g/mol. The van der Waals surface area contributed by atoms with Gasteiger partial charge in [0.25, 0.3) is 0 Å². The zero-order chi connectivity index (χ0) is 31.5. The smallest absolute Gasteiger partial charge is 0.0719 e. The molecule has 0 nitrogen and oxygen atoms in total. The van der Waals surface area contributed by atoms with Gasteiger partial charge in [0.05, 0.1) is 5.41 Å². The van der Waals surface area contributed by atoms with Crippen LogP contribution < -0.4 is 0 Å². The van der Waals surface area contributed by atoms with Crippen molar-refractivity contribution in [3.8, 4) is 11.1 Å². The van der Waals surface area contributed by atoms with Gasteiger partial charge in [0.1, 0.15) is 0 Å². The Hall–Kier alpha value is -5.11. The van der Waals surface area contributed by atoms with Gasteiger partial charge < -0.3 is 0 Å². The van der Waals surface area contributed by atoms with Gasteiger partial charge >= 0.3 is 0 Å². The third-order valence-corrected chi connectivity index (χ3v) is 11.8. The normalized spacial score (nSPS) is 19.7. The van der Waals surface area contributed by atoms with Crippen molar-refractivity contribution >= 4 is 44.5 Å². The van der Waals surface area contributed by atoms with E-state index < -0.39 is 5.41 Å². The number of rotatable bonds is 5. The summed E-state index contributed by atoms with van der Waals surface area (Å²) in [5.41, 5.74) is 11.3. The van der Waals surface area contributed by atoms with Crippen LogP contribution >= 0.6 is 11.8 Å². The van der Waals surface area contributed by atoms with Crippen molar-refractivity contribution in [2.75, 3.05) is 0 Å². The molecule has 6 aromatic rings. The van der Waals surface area contributed by atoms with Gasteiger partial charge in [0.2, 0.25) is 0 Å². The predicted octanol–water partition coefficient (Wildman–Crippen LogP) is 12.5. The lowest BCUT2D eigenvalue weighted by atomic mass is 9.65. The molecule has 0 radical (unpaired) electrons. The largest absolute Gasteiger partial charge is 0.0991 e. The Morgan fingerprint density at radius 3 is 2.32 bits per heavy atom. The van der Waals surface area contributed by atoms with Gasteiger partial charge in [-0.1, -0.05) is 171 Å². The zero-order valence-electron chi connectivity index (χ0n) is 26.4. The maximum atomic E-state index is 4.03. The Kier molecular flexibility index (Phi) is 6.59. The van der Waals surface area contributed by atoms with Crippen LogP contribution in [0.2, 0.25) is 0 Å². The maximum absolute atomic E-state index is 4.03. The Balaban J connectivity index is 1.44. The molecule has 9 rings (SSSR count). The lowest BCUT2D eigenvalue weighted by Crippen LogP contribution is -2.29. The molecular weight excluding hydrogens is 585 g/mol. The summed E-state index contributed by atoms with van der Waals surface area (Å²) < 4.78 is 0. The summed E-state index contributed by atoms with van der Waals surface area (Å²) in [5, 5.41) is 5.18. The molecule has 0 N–H and O–H groups in total. The topological polar surface area (TPSA) is 0 Å². The first-order valence-electron chi connectivity index (χ1n) is 16.5. The van der Waals surface area contributed by atoms with Crippen molar-refractivity contribution in [1.82, 2.24) is 0 Å². The van der Waals surface area contributed by atoms with Crippen LogP contribution in [0.5, 0.6) is 0 Å². The summed E-state index contributed by atoms with van der Waals surface area (Å²) in [6, 6.07) is 45.5. The highest BCUT2D eigenvalue weighted by molar-refractivity contribution is 8.03. The maximum Gasteiger partial charge on any atom is 0.0719 e. The summed E-state index contributed by atoms with van der Waals surface area (Å²) in [7, 11) is 0. The van der Waals surface area contributed by atoms with Crippen LogP contribution in [0, 0.1) is 5.92 Å². The molecule has 2 atom stereocenters.